The van der Waals surface area contributed by atoms with E-state index < -0.39 is 0 Å². The van der Waals surface area contributed by atoms with Crippen LogP contribution in [0, 0.1) is 19.7 Å². The minimum atomic E-state index is 0.450. The summed E-state index contributed by atoms with van der Waals surface area (Å²) in [6.45, 7) is 23.5. The average Bonchev–Trinajstić information content (AvgIpc) is 3.78. The van der Waals surface area contributed by atoms with Crippen LogP contribution in [0.1, 0.15) is 0 Å². The van der Waals surface area contributed by atoms with E-state index in [1.54, 1.807) is 24.3 Å². The van der Waals surface area contributed by atoms with Crippen LogP contribution in [0.25, 0.3) is 103 Å². The first-order valence-electron chi connectivity index (χ1n) is 18.0. The van der Waals surface area contributed by atoms with Gasteiger partial charge < -0.3 is 9.13 Å². The molecule has 0 radical (unpaired) electrons. The largest absolute Gasteiger partial charge is 0.319 e. The number of rotatable bonds is 5. The first kappa shape index (κ1) is 32.3. The van der Waals surface area contributed by atoms with Crippen molar-refractivity contribution < 1.29 is 0 Å². The lowest BCUT2D eigenvalue weighted by Crippen LogP contribution is -1.98. The molecule has 0 bridgehead atoms. The first-order chi connectivity index (χ1) is 27.6. The van der Waals surface area contributed by atoms with Crippen molar-refractivity contribution in [1.82, 2.24) is 19.1 Å². The van der Waals surface area contributed by atoms with E-state index in [1.807, 2.05) is 54.6 Å². The minimum Gasteiger partial charge on any atom is -0.319 e. The number of fused-ring (bicyclic) bond motifs is 6. The molecule has 0 saturated heterocycles. The third-order valence-corrected chi connectivity index (χ3v) is 10.4. The Morgan fingerprint density at radius 1 is 0.393 bits per heavy atom. The molecule has 0 aliphatic carbocycles. The molecule has 0 aliphatic heterocycles. The third kappa shape index (κ3) is 5.18. The summed E-state index contributed by atoms with van der Waals surface area (Å²) in [5.41, 5.74) is 11.1. The quantitative estimate of drug-likeness (QED) is 0.167. The lowest BCUT2D eigenvalue weighted by Gasteiger charge is -2.14. The lowest BCUT2D eigenvalue weighted by atomic mass is 10.0. The van der Waals surface area contributed by atoms with Crippen molar-refractivity contribution in [2.24, 2.45) is 0 Å². The minimum absolute atomic E-state index is 0.450. The standard InChI is InChI=1S/C49H27N7/c1-50-34-14-10-12-31(26-34)41-30-42(54-49(53-41)33-13-11-15-35(27-33)51-2)32-22-24-48(43(28-32)52-3)56-46-21-9-6-18-39(46)40-29-36(23-25-47(40)56)55-44-19-7-4-16-37(44)38-17-5-8-20-45(38)55/h4-30H. The van der Waals surface area contributed by atoms with Gasteiger partial charge in [-0.2, -0.15) is 0 Å². The van der Waals surface area contributed by atoms with Gasteiger partial charge in [-0.15, -0.1) is 0 Å². The average molecular weight is 714 g/mol. The van der Waals surface area contributed by atoms with Gasteiger partial charge in [0.1, 0.15) is 0 Å². The highest BCUT2D eigenvalue weighted by Gasteiger charge is 2.19. The van der Waals surface area contributed by atoms with Crippen LogP contribution in [-0.2, 0) is 0 Å². The highest BCUT2D eigenvalue weighted by atomic mass is 15.0. The number of hydrogen-bond donors (Lipinski definition) is 0. The molecule has 3 aromatic heterocycles. The van der Waals surface area contributed by atoms with E-state index in [2.05, 4.69) is 109 Å². The summed E-state index contributed by atoms with van der Waals surface area (Å²) < 4.78 is 4.51. The van der Waals surface area contributed by atoms with E-state index in [1.165, 1.54) is 10.8 Å². The number of benzene rings is 7. The maximum atomic E-state index is 8.41. The molecule has 10 aromatic rings. The van der Waals surface area contributed by atoms with Gasteiger partial charge in [-0.3, -0.25) is 0 Å². The molecule has 0 spiro atoms. The molecule has 3 heterocycles. The van der Waals surface area contributed by atoms with E-state index in [-0.39, 0.29) is 0 Å². The van der Waals surface area contributed by atoms with Crippen LogP contribution < -0.4 is 0 Å². The Morgan fingerprint density at radius 3 is 1.55 bits per heavy atom. The Labute approximate surface area is 322 Å². The van der Waals surface area contributed by atoms with Gasteiger partial charge in [0.15, 0.2) is 17.2 Å². The van der Waals surface area contributed by atoms with Crippen molar-refractivity contribution in [2.75, 3.05) is 0 Å². The van der Waals surface area contributed by atoms with Crippen molar-refractivity contribution in [1.29, 1.82) is 0 Å². The van der Waals surface area contributed by atoms with Gasteiger partial charge in [0.25, 0.3) is 0 Å². The van der Waals surface area contributed by atoms with Gasteiger partial charge in [0.05, 0.1) is 58.9 Å². The maximum absolute atomic E-state index is 8.41. The van der Waals surface area contributed by atoms with E-state index in [9.17, 15) is 0 Å². The molecule has 0 fully saturated rings. The van der Waals surface area contributed by atoms with Crippen LogP contribution in [-0.4, -0.2) is 19.1 Å². The van der Waals surface area contributed by atoms with Crippen LogP contribution in [0.2, 0.25) is 0 Å². The number of hydrogen-bond acceptors (Lipinski definition) is 2. The van der Waals surface area contributed by atoms with Crippen molar-refractivity contribution in [3.63, 3.8) is 0 Å². The number of nitrogens with zero attached hydrogens (tertiary/aromatic N) is 7. The summed E-state index contributed by atoms with van der Waals surface area (Å²) in [6, 6.07) is 54.3. The summed E-state index contributed by atoms with van der Waals surface area (Å²) >= 11 is 0. The Hall–Kier alpha value is -8.31. The van der Waals surface area contributed by atoms with Crippen molar-refractivity contribution in [2.45, 2.75) is 0 Å². The molecule has 0 N–H and O–H groups in total. The summed E-state index contributed by atoms with van der Waals surface area (Å²) in [4.78, 5) is 21.2. The second kappa shape index (κ2) is 13.0. The topological polar surface area (TPSA) is 48.7 Å². The Morgan fingerprint density at radius 2 is 0.929 bits per heavy atom. The fraction of sp³-hybridized carbons (Fsp3) is 0. The zero-order valence-corrected chi connectivity index (χ0v) is 29.7. The van der Waals surface area contributed by atoms with Crippen LogP contribution >= 0.6 is 0 Å². The molecule has 258 valence electrons. The molecule has 0 aliphatic rings. The second-order valence-electron chi connectivity index (χ2n) is 13.5. The molecule has 0 amide bonds. The van der Waals surface area contributed by atoms with Crippen molar-refractivity contribution in [3.8, 4) is 45.3 Å². The Kier molecular flexibility index (Phi) is 7.49. The van der Waals surface area contributed by atoms with Crippen molar-refractivity contribution in [3.05, 3.63) is 198 Å². The zero-order chi connectivity index (χ0) is 37.8. The zero-order valence-electron chi connectivity index (χ0n) is 29.7. The van der Waals surface area contributed by atoms with E-state index in [0.29, 0.717) is 39.8 Å². The summed E-state index contributed by atoms with van der Waals surface area (Å²) in [6.07, 6.45) is 0. The highest BCUT2D eigenvalue weighted by molar-refractivity contribution is 6.12. The molecule has 56 heavy (non-hydrogen) atoms. The fourth-order valence-electron chi connectivity index (χ4n) is 7.84. The SMILES string of the molecule is [C-]#[N+]c1cccc(-c2cc(-c3ccc(-n4c5ccccc5c5cc(-n6c7ccccc7c7ccccc76)ccc54)c([N+]#[C-])c3)nc(-c3cccc([N+]#[C-])c3)n2)c1. The van der Waals surface area contributed by atoms with Gasteiger partial charge in [-0.25, -0.2) is 24.5 Å². The summed E-state index contributed by atoms with van der Waals surface area (Å²) in [7, 11) is 0. The molecule has 0 atom stereocenters. The van der Waals surface area contributed by atoms with Gasteiger partial charge in [0, 0.05) is 32.8 Å². The van der Waals surface area contributed by atoms with E-state index in [4.69, 9.17) is 29.7 Å². The Bertz CT molecular complexity index is 3240. The molecule has 10 rings (SSSR count). The fourth-order valence-corrected chi connectivity index (χ4v) is 7.84. The second-order valence-corrected chi connectivity index (χ2v) is 13.5. The molecule has 0 unspecified atom stereocenters. The number of para-hydroxylation sites is 3. The van der Waals surface area contributed by atoms with E-state index in [0.717, 1.165) is 55.3 Å². The van der Waals surface area contributed by atoms with Crippen LogP contribution in [0.5, 0.6) is 0 Å². The Balaban J connectivity index is 1.14. The van der Waals surface area contributed by atoms with Crippen LogP contribution in [0.15, 0.2) is 164 Å². The van der Waals surface area contributed by atoms with Gasteiger partial charge in [-0.1, -0.05) is 97.1 Å². The molecular weight excluding hydrogens is 687 g/mol. The summed E-state index contributed by atoms with van der Waals surface area (Å²) in [5, 5.41) is 4.61. The van der Waals surface area contributed by atoms with E-state index >= 15 is 0 Å². The molecule has 7 nitrogen and oxygen atoms in total. The predicted molar refractivity (Wildman–Crippen MR) is 226 cm³/mol. The molecule has 0 saturated carbocycles. The number of aromatic nitrogens is 4. The third-order valence-electron chi connectivity index (χ3n) is 10.4. The van der Waals surface area contributed by atoms with Gasteiger partial charge >= 0.3 is 0 Å². The molecular formula is C49H27N7. The lowest BCUT2D eigenvalue weighted by molar-refractivity contribution is 1.16. The first-order valence-corrected chi connectivity index (χ1v) is 18.0. The monoisotopic (exact) mass is 713 g/mol. The summed E-state index contributed by atoms with van der Waals surface area (Å²) in [5.74, 6) is 0.450. The van der Waals surface area contributed by atoms with Crippen LogP contribution in [0.3, 0.4) is 0 Å². The van der Waals surface area contributed by atoms with Crippen molar-refractivity contribution >= 4 is 60.7 Å². The highest BCUT2D eigenvalue weighted by Crippen LogP contribution is 2.40. The van der Waals surface area contributed by atoms with Gasteiger partial charge in [0.2, 0.25) is 5.69 Å². The van der Waals surface area contributed by atoms with Crippen LogP contribution in [0.4, 0.5) is 17.1 Å². The molecule has 7 aromatic carbocycles. The maximum Gasteiger partial charge on any atom is 0.211 e. The predicted octanol–water partition coefficient (Wildman–Crippen LogP) is 13.3. The normalized spacial score (nSPS) is 11.2. The van der Waals surface area contributed by atoms with Gasteiger partial charge in [-0.05, 0) is 77.9 Å². The molecule has 7 heteroatoms. The smallest absolute Gasteiger partial charge is 0.211 e.